The maximum atomic E-state index is 13.5. The summed E-state index contributed by atoms with van der Waals surface area (Å²) < 4.78 is 13.0. The van der Waals surface area contributed by atoms with E-state index in [0.717, 1.165) is 23.3 Å². The van der Waals surface area contributed by atoms with Crippen molar-refractivity contribution in [3.63, 3.8) is 0 Å². The summed E-state index contributed by atoms with van der Waals surface area (Å²) in [5.74, 6) is 0.749. The van der Waals surface area contributed by atoms with Crippen molar-refractivity contribution < 1.29 is 14.0 Å². The number of benzene rings is 2. The molecule has 6 heteroatoms. The van der Waals surface area contributed by atoms with Crippen LogP contribution < -0.4 is 0 Å². The van der Waals surface area contributed by atoms with Crippen LogP contribution in [0.5, 0.6) is 0 Å². The van der Waals surface area contributed by atoms with Gasteiger partial charge in [0.1, 0.15) is 12.4 Å². The maximum Gasteiger partial charge on any atom is 0.258 e. The van der Waals surface area contributed by atoms with Crippen LogP contribution in [0.4, 0.5) is 0 Å². The lowest BCUT2D eigenvalue weighted by Gasteiger charge is -2.38. The summed E-state index contributed by atoms with van der Waals surface area (Å²) in [5.41, 5.74) is 3.12. The predicted octanol–water partition coefficient (Wildman–Crippen LogP) is 5.49. The first-order valence-electron chi connectivity index (χ1n) is 11.5. The lowest BCUT2D eigenvalue weighted by atomic mass is 10.0. The molecule has 2 aromatic carbocycles. The number of hydrogen-bond donors (Lipinski definition) is 0. The monoisotopic (exact) mass is 460 g/mol. The molecule has 2 aromatic rings. The fourth-order valence-corrected chi connectivity index (χ4v) is 5.60. The number of nitriles is 1. The molecule has 0 radical (unpaired) electrons. The third-order valence-corrected chi connectivity index (χ3v) is 11.6. The molecular formula is C27H32N2O3Si. The van der Waals surface area contributed by atoms with Gasteiger partial charge in [-0.05, 0) is 41.4 Å². The van der Waals surface area contributed by atoms with Gasteiger partial charge in [0.15, 0.2) is 8.32 Å². The molecule has 0 saturated carbocycles. The molecule has 1 amide bonds. The van der Waals surface area contributed by atoms with Gasteiger partial charge in [-0.15, -0.1) is 0 Å². The van der Waals surface area contributed by atoms with Gasteiger partial charge in [-0.25, -0.2) is 0 Å². The van der Waals surface area contributed by atoms with Crippen LogP contribution >= 0.6 is 0 Å². The molecule has 2 aliphatic heterocycles. The Bertz CT molecular complexity index is 1090. The van der Waals surface area contributed by atoms with Gasteiger partial charge < -0.3 is 14.1 Å². The van der Waals surface area contributed by atoms with Crippen LogP contribution in [0.3, 0.4) is 0 Å². The van der Waals surface area contributed by atoms with E-state index >= 15 is 0 Å². The summed E-state index contributed by atoms with van der Waals surface area (Å²) in [6.07, 6.45) is 0.766. The van der Waals surface area contributed by atoms with Gasteiger partial charge in [-0.3, -0.25) is 4.79 Å². The summed E-state index contributed by atoms with van der Waals surface area (Å²) in [6.45, 7) is 12.2. The van der Waals surface area contributed by atoms with E-state index in [1.807, 2.05) is 47.4 Å². The first-order chi connectivity index (χ1) is 15.6. The normalized spacial score (nSPS) is 20.7. The van der Waals surface area contributed by atoms with Crippen LogP contribution in [0.2, 0.25) is 18.1 Å². The number of nitrogens with zero attached hydrogens (tertiary/aromatic N) is 2. The highest BCUT2D eigenvalue weighted by molar-refractivity contribution is 6.74. The molecule has 5 nitrogen and oxygen atoms in total. The minimum absolute atomic E-state index is 0.0161. The van der Waals surface area contributed by atoms with E-state index < -0.39 is 8.32 Å². The largest absolute Gasteiger partial charge is 0.490 e. The smallest absolute Gasteiger partial charge is 0.258 e. The quantitative estimate of drug-likeness (QED) is 0.535. The molecule has 2 atom stereocenters. The van der Waals surface area contributed by atoms with Crippen molar-refractivity contribution >= 4 is 19.8 Å². The molecule has 172 valence electrons. The summed E-state index contributed by atoms with van der Waals surface area (Å²) in [5, 5.41) is 9.15. The number of ether oxygens (including phenoxy) is 1. The Morgan fingerprint density at radius 1 is 1.09 bits per heavy atom. The highest BCUT2D eigenvalue weighted by atomic mass is 28.4. The predicted molar refractivity (Wildman–Crippen MR) is 131 cm³/mol. The van der Waals surface area contributed by atoms with Crippen molar-refractivity contribution in [2.75, 3.05) is 6.54 Å². The summed E-state index contributed by atoms with van der Waals surface area (Å²) in [7, 11) is -1.94. The van der Waals surface area contributed by atoms with Gasteiger partial charge in [0, 0.05) is 13.0 Å². The number of amides is 1. The van der Waals surface area contributed by atoms with Crippen LogP contribution in [0.15, 0.2) is 60.4 Å². The summed E-state index contributed by atoms with van der Waals surface area (Å²) in [4.78, 5) is 15.4. The van der Waals surface area contributed by atoms with E-state index in [1.165, 1.54) is 0 Å². The van der Waals surface area contributed by atoms with Crippen LogP contribution in [-0.4, -0.2) is 37.8 Å². The third-order valence-electron chi connectivity index (χ3n) is 7.09. The zero-order chi connectivity index (χ0) is 23.8. The van der Waals surface area contributed by atoms with Crippen molar-refractivity contribution in [1.29, 1.82) is 5.26 Å². The second-order valence-corrected chi connectivity index (χ2v) is 15.2. The molecule has 2 heterocycles. The van der Waals surface area contributed by atoms with Crippen LogP contribution in [0.25, 0.3) is 5.57 Å². The van der Waals surface area contributed by atoms with Gasteiger partial charge >= 0.3 is 0 Å². The lowest BCUT2D eigenvalue weighted by molar-refractivity contribution is -0.124. The number of fused-ring (bicyclic) bond motifs is 1. The highest BCUT2D eigenvalue weighted by Crippen LogP contribution is 2.43. The molecule has 0 bridgehead atoms. The Morgan fingerprint density at radius 3 is 2.36 bits per heavy atom. The van der Waals surface area contributed by atoms with E-state index in [-0.39, 0.29) is 23.1 Å². The van der Waals surface area contributed by atoms with Crippen molar-refractivity contribution in [3.05, 3.63) is 77.0 Å². The molecule has 2 aliphatic rings. The fourth-order valence-electron chi connectivity index (χ4n) is 4.24. The van der Waals surface area contributed by atoms with Crippen molar-refractivity contribution in [2.45, 2.75) is 64.1 Å². The van der Waals surface area contributed by atoms with Crippen LogP contribution in [0.1, 0.15) is 43.9 Å². The van der Waals surface area contributed by atoms with E-state index in [4.69, 9.17) is 14.4 Å². The van der Waals surface area contributed by atoms with E-state index in [1.54, 1.807) is 12.1 Å². The maximum absolute atomic E-state index is 13.5. The second-order valence-electron chi connectivity index (χ2n) is 10.4. The zero-order valence-electron chi connectivity index (χ0n) is 20.1. The lowest BCUT2D eigenvalue weighted by Crippen LogP contribution is -2.44. The molecule has 0 aromatic heterocycles. The van der Waals surface area contributed by atoms with Crippen LogP contribution in [0, 0.1) is 11.3 Å². The van der Waals surface area contributed by atoms with E-state index in [0.29, 0.717) is 24.3 Å². The third kappa shape index (κ3) is 4.61. The average molecular weight is 461 g/mol. The molecule has 1 saturated heterocycles. The Kier molecular flexibility index (Phi) is 6.21. The number of carbonyl (C=O) groups excluding carboxylic acids is 1. The number of carbonyl (C=O) groups is 1. The van der Waals surface area contributed by atoms with E-state index in [2.05, 4.69) is 39.9 Å². The molecule has 4 rings (SSSR count). The van der Waals surface area contributed by atoms with Crippen molar-refractivity contribution in [1.82, 2.24) is 4.90 Å². The van der Waals surface area contributed by atoms with Gasteiger partial charge in [0.25, 0.3) is 5.91 Å². The minimum atomic E-state index is -1.94. The molecular weight excluding hydrogens is 428 g/mol. The Morgan fingerprint density at radius 2 is 1.76 bits per heavy atom. The molecule has 33 heavy (non-hydrogen) atoms. The van der Waals surface area contributed by atoms with Gasteiger partial charge in [-0.2, -0.15) is 5.26 Å². The van der Waals surface area contributed by atoms with Gasteiger partial charge in [0.05, 0.1) is 29.4 Å². The molecule has 0 spiro atoms. The standard InChI is InChI=1S/C27H32N2O3Si/c1-27(2,3)33(4,5)32-22-15-23-25(31-18-20-13-11-19(16-28)12-14-20)24(26(30)29(23)17-22)21-9-7-6-8-10-21/h6-14,22-23H,15,17-18H2,1-5H3/t22-,23+/m1/s1. The van der Waals surface area contributed by atoms with Crippen molar-refractivity contribution in [3.8, 4) is 6.07 Å². The van der Waals surface area contributed by atoms with Gasteiger partial charge in [0.2, 0.25) is 0 Å². The Balaban J connectivity index is 1.60. The Hall–Kier alpha value is -2.88. The van der Waals surface area contributed by atoms with Crippen molar-refractivity contribution in [2.24, 2.45) is 0 Å². The number of hydrogen-bond acceptors (Lipinski definition) is 4. The fraction of sp³-hybridized carbons (Fsp3) is 0.407. The van der Waals surface area contributed by atoms with Crippen LogP contribution in [-0.2, 0) is 20.6 Å². The van der Waals surface area contributed by atoms with Gasteiger partial charge in [-0.1, -0.05) is 63.2 Å². The summed E-state index contributed by atoms with van der Waals surface area (Å²) >= 11 is 0. The topological polar surface area (TPSA) is 62.6 Å². The minimum Gasteiger partial charge on any atom is -0.490 e. The zero-order valence-corrected chi connectivity index (χ0v) is 21.1. The summed E-state index contributed by atoms with van der Waals surface area (Å²) in [6, 6.07) is 19.2. The highest BCUT2D eigenvalue weighted by Gasteiger charge is 2.50. The average Bonchev–Trinajstić information content (AvgIpc) is 3.29. The SMILES string of the molecule is CC(C)(C)[Si](C)(C)O[C@@H]1C[C@H]2C(OCc3ccc(C#N)cc3)=C(c3ccccc3)C(=O)N2C1. The first kappa shape index (κ1) is 23.3. The second kappa shape index (κ2) is 8.81. The molecule has 0 unspecified atom stereocenters. The molecule has 0 aliphatic carbocycles. The number of rotatable bonds is 6. The molecule has 0 N–H and O–H groups in total. The first-order valence-corrected chi connectivity index (χ1v) is 14.4. The molecule has 1 fully saturated rings. The van der Waals surface area contributed by atoms with E-state index in [9.17, 15) is 4.79 Å². The Labute approximate surface area is 197 Å².